The molecule has 0 saturated heterocycles. The second-order valence-corrected chi connectivity index (χ2v) is 23.0. The molecule has 0 bridgehead atoms. The van der Waals surface area contributed by atoms with Crippen molar-refractivity contribution in [2.75, 3.05) is 9.80 Å². The van der Waals surface area contributed by atoms with Gasteiger partial charge >= 0.3 is 0 Å². The molecule has 17 rings (SSSR count). The Kier molecular flexibility index (Phi) is 10.7. The zero-order valence-corrected chi connectivity index (χ0v) is 47.5. The molecule has 0 aliphatic rings. The van der Waals surface area contributed by atoms with Crippen LogP contribution in [0.25, 0.3) is 132 Å². The van der Waals surface area contributed by atoms with Crippen molar-refractivity contribution >= 4 is 143 Å². The van der Waals surface area contributed by atoms with E-state index in [0.717, 1.165) is 171 Å². The number of aryl methyl sites for hydroxylation is 5. The molecule has 0 N–H and O–H groups in total. The Labute approximate surface area is 489 Å². The predicted octanol–water partition coefficient (Wildman–Crippen LogP) is 23.4. The Morgan fingerprint density at radius 2 is 0.706 bits per heavy atom. The summed E-state index contributed by atoms with van der Waals surface area (Å²) in [6.07, 6.45) is 0. The number of hydrogen-bond donors (Lipinski definition) is 0. The minimum Gasteiger partial charge on any atom is -0.456 e. The highest BCUT2D eigenvalue weighted by atomic mass is 16.3. The average molecular weight is 1100 g/mol. The van der Waals surface area contributed by atoms with Crippen molar-refractivity contribution in [1.29, 1.82) is 0 Å². The molecule has 0 aliphatic carbocycles. The van der Waals surface area contributed by atoms with E-state index in [1.165, 1.54) is 22.3 Å². The van der Waals surface area contributed by atoms with E-state index in [1.807, 2.05) is 0 Å². The van der Waals surface area contributed by atoms with Crippen LogP contribution in [0.1, 0.15) is 27.8 Å². The first-order valence-corrected chi connectivity index (χ1v) is 29.1. The highest BCUT2D eigenvalue weighted by molar-refractivity contribution is 6.21. The maximum atomic E-state index is 7.05. The van der Waals surface area contributed by atoms with Gasteiger partial charge in [-0.15, -0.1) is 0 Å². The summed E-state index contributed by atoms with van der Waals surface area (Å²) in [5, 5.41) is 12.9. The van der Waals surface area contributed by atoms with Crippen LogP contribution in [0.5, 0.6) is 0 Å². The summed E-state index contributed by atoms with van der Waals surface area (Å²) in [5.74, 6) is 0. The van der Waals surface area contributed by atoms with Gasteiger partial charge in [0.25, 0.3) is 0 Å². The fourth-order valence-electron chi connectivity index (χ4n) is 13.9. The summed E-state index contributed by atoms with van der Waals surface area (Å²) < 4.78 is 28.0. The van der Waals surface area contributed by atoms with Crippen molar-refractivity contribution in [3.05, 3.63) is 264 Å². The van der Waals surface area contributed by atoms with Crippen LogP contribution in [-0.4, -0.2) is 0 Å². The first kappa shape index (κ1) is 48.8. The zero-order chi connectivity index (χ0) is 56.8. The highest BCUT2D eigenvalue weighted by Crippen LogP contribution is 2.50. The van der Waals surface area contributed by atoms with Gasteiger partial charge in [0, 0.05) is 71.2 Å². The molecule has 0 aliphatic heterocycles. The standard InChI is InChI=1S/C79H54N2O4/c1-45-18-12-19-46(2)73(45)80(67-32-16-30-62-60-28-14-26-58(76(60)84-78(62)67)50-22-8-6-9-23-50)56-36-34-52-40-64-65-44-71-72(49(5)75(65)83-69(64)42-54(52)38-56)66-41-53-35-37-57(39-55(53)43-70(66)82-71)81(74-47(3)20-13-21-48(74)4)68-33-17-31-63-61-29-15-27-59(77(61)85-79(63)68)51-24-10-7-11-25-51/h6-44H,1-5H3. The van der Waals surface area contributed by atoms with Crippen LogP contribution in [0.15, 0.2) is 254 Å². The van der Waals surface area contributed by atoms with Crippen LogP contribution in [-0.2, 0) is 0 Å². The second kappa shape index (κ2) is 18.6. The van der Waals surface area contributed by atoms with Gasteiger partial charge in [-0.25, -0.2) is 0 Å². The summed E-state index contributed by atoms with van der Waals surface area (Å²) in [6.45, 7) is 10.9. The average Bonchev–Trinajstić information content (AvgIpc) is 1.81. The van der Waals surface area contributed by atoms with Gasteiger partial charge in [0.15, 0.2) is 11.2 Å². The number of nitrogens with zero attached hydrogens (tertiary/aromatic N) is 2. The Morgan fingerprint density at radius 1 is 0.271 bits per heavy atom. The number of hydrogen-bond acceptors (Lipinski definition) is 6. The van der Waals surface area contributed by atoms with Crippen LogP contribution in [0.2, 0.25) is 0 Å². The van der Waals surface area contributed by atoms with Crippen molar-refractivity contribution < 1.29 is 17.7 Å². The Balaban J connectivity index is 0.782. The SMILES string of the molecule is Cc1cccc(C)c1N(c1ccc2cc3c(cc2c1)oc1c(C)c2c(cc13)oc1cc3cc(N(c4c(C)cccc4C)c4cccc5c4oc4c(-c6ccccc6)cccc45)ccc3cc12)c1cccc2c1oc1c(-c3ccccc3)cccc12. The molecule has 4 aromatic heterocycles. The normalized spacial score (nSPS) is 12.1. The monoisotopic (exact) mass is 1090 g/mol. The molecule has 0 amide bonds. The lowest BCUT2D eigenvalue weighted by atomic mass is 9.99. The summed E-state index contributed by atoms with van der Waals surface area (Å²) in [4.78, 5) is 4.75. The number of rotatable bonds is 8. The lowest BCUT2D eigenvalue weighted by Crippen LogP contribution is -2.13. The topological polar surface area (TPSA) is 59.0 Å². The van der Waals surface area contributed by atoms with Crippen LogP contribution < -0.4 is 9.80 Å². The maximum absolute atomic E-state index is 7.05. The first-order valence-electron chi connectivity index (χ1n) is 29.1. The number of para-hydroxylation sites is 6. The van der Waals surface area contributed by atoms with Crippen molar-refractivity contribution in [2.24, 2.45) is 0 Å². The van der Waals surface area contributed by atoms with E-state index < -0.39 is 0 Å². The maximum Gasteiger partial charge on any atom is 0.159 e. The van der Waals surface area contributed by atoms with Crippen molar-refractivity contribution in [1.82, 2.24) is 0 Å². The molecule has 0 unspecified atom stereocenters. The van der Waals surface area contributed by atoms with Gasteiger partial charge in [-0.3, -0.25) is 0 Å². The summed E-state index contributed by atoms with van der Waals surface area (Å²) >= 11 is 0. The van der Waals surface area contributed by atoms with E-state index in [4.69, 9.17) is 17.7 Å². The Morgan fingerprint density at radius 3 is 1.20 bits per heavy atom. The number of benzene rings is 13. The second-order valence-electron chi connectivity index (χ2n) is 23.0. The lowest BCUT2D eigenvalue weighted by molar-refractivity contribution is 0.662. The Hall–Kier alpha value is -10.8. The molecule has 404 valence electrons. The van der Waals surface area contributed by atoms with E-state index in [9.17, 15) is 0 Å². The summed E-state index contributed by atoms with van der Waals surface area (Å²) in [5.41, 5.74) is 23.1. The van der Waals surface area contributed by atoms with Crippen LogP contribution in [0, 0.1) is 34.6 Å². The first-order chi connectivity index (χ1) is 41.7. The van der Waals surface area contributed by atoms with Crippen LogP contribution in [0.3, 0.4) is 0 Å². The molecular formula is C79H54N2O4. The van der Waals surface area contributed by atoms with E-state index in [2.05, 4.69) is 281 Å². The molecule has 0 atom stereocenters. The quantitative estimate of drug-likeness (QED) is 0.151. The summed E-state index contributed by atoms with van der Waals surface area (Å²) in [6, 6.07) is 84.6. The molecule has 6 heteroatoms. The van der Waals surface area contributed by atoms with Gasteiger partial charge in [0.05, 0.1) is 22.7 Å². The van der Waals surface area contributed by atoms with Crippen LogP contribution >= 0.6 is 0 Å². The van der Waals surface area contributed by atoms with Gasteiger partial charge in [-0.05, 0) is 156 Å². The van der Waals surface area contributed by atoms with Gasteiger partial charge < -0.3 is 27.5 Å². The highest BCUT2D eigenvalue weighted by Gasteiger charge is 2.27. The molecular weight excluding hydrogens is 1040 g/mol. The number of anilines is 6. The third-order valence-corrected chi connectivity index (χ3v) is 17.8. The molecule has 17 aromatic rings. The van der Waals surface area contributed by atoms with E-state index in [0.29, 0.717) is 0 Å². The zero-order valence-electron chi connectivity index (χ0n) is 47.5. The van der Waals surface area contributed by atoms with Gasteiger partial charge in [-0.1, -0.05) is 170 Å². The van der Waals surface area contributed by atoms with E-state index in [-0.39, 0.29) is 0 Å². The molecule has 0 fully saturated rings. The molecule has 6 nitrogen and oxygen atoms in total. The third-order valence-electron chi connectivity index (χ3n) is 17.8. The number of fused-ring (bicyclic) bond motifs is 14. The minimum absolute atomic E-state index is 0.826. The molecule has 0 radical (unpaired) electrons. The smallest absolute Gasteiger partial charge is 0.159 e. The fraction of sp³-hybridized carbons (Fsp3) is 0.0633. The molecule has 85 heavy (non-hydrogen) atoms. The van der Waals surface area contributed by atoms with Gasteiger partial charge in [0.2, 0.25) is 0 Å². The molecule has 13 aromatic carbocycles. The molecule has 4 heterocycles. The molecule has 0 spiro atoms. The predicted molar refractivity (Wildman–Crippen MR) is 354 cm³/mol. The van der Waals surface area contributed by atoms with Crippen molar-refractivity contribution in [3.8, 4) is 22.3 Å². The van der Waals surface area contributed by atoms with Crippen molar-refractivity contribution in [2.45, 2.75) is 34.6 Å². The van der Waals surface area contributed by atoms with Crippen molar-refractivity contribution in [3.63, 3.8) is 0 Å². The lowest BCUT2D eigenvalue weighted by Gasteiger charge is -2.29. The summed E-state index contributed by atoms with van der Waals surface area (Å²) in [7, 11) is 0. The Bertz CT molecular complexity index is 5350. The number of furan rings is 4. The molecule has 0 saturated carbocycles. The fourth-order valence-corrected chi connectivity index (χ4v) is 13.9. The van der Waals surface area contributed by atoms with Gasteiger partial charge in [0.1, 0.15) is 33.5 Å². The largest absolute Gasteiger partial charge is 0.456 e. The van der Waals surface area contributed by atoms with E-state index >= 15 is 0 Å². The van der Waals surface area contributed by atoms with Gasteiger partial charge in [-0.2, -0.15) is 0 Å². The van der Waals surface area contributed by atoms with E-state index in [1.54, 1.807) is 0 Å². The van der Waals surface area contributed by atoms with Crippen LogP contribution in [0.4, 0.5) is 34.1 Å². The third kappa shape index (κ3) is 7.44. The minimum atomic E-state index is 0.826.